The Morgan fingerprint density at radius 1 is 1.50 bits per heavy atom. The van der Waals surface area contributed by atoms with Gasteiger partial charge in [-0.3, -0.25) is 0 Å². The molecule has 0 amide bonds. The van der Waals surface area contributed by atoms with Crippen LogP contribution in [0.25, 0.3) is 0 Å². The Morgan fingerprint density at radius 3 is 2.81 bits per heavy atom. The van der Waals surface area contributed by atoms with Gasteiger partial charge in [-0.2, -0.15) is 5.26 Å². The van der Waals surface area contributed by atoms with Gasteiger partial charge in [-0.05, 0) is 31.4 Å². The lowest BCUT2D eigenvalue weighted by atomic mass is 10.1. The number of hydrogen-bond acceptors (Lipinski definition) is 2. The molecular formula is C13H15ClN2. The van der Waals surface area contributed by atoms with E-state index in [0.717, 1.165) is 18.7 Å². The maximum absolute atomic E-state index is 9.16. The molecule has 0 saturated heterocycles. The normalized spacial score (nSPS) is 14.6. The summed E-state index contributed by atoms with van der Waals surface area (Å²) in [5.74, 6) is 0. The maximum atomic E-state index is 9.16. The van der Waals surface area contributed by atoms with E-state index < -0.39 is 0 Å². The van der Waals surface area contributed by atoms with Gasteiger partial charge in [0.1, 0.15) is 6.07 Å². The zero-order chi connectivity index (χ0) is 11.5. The first-order valence-electron chi connectivity index (χ1n) is 5.73. The molecule has 0 heterocycles. The fourth-order valence-electron chi connectivity index (χ4n) is 1.99. The highest BCUT2D eigenvalue weighted by Crippen LogP contribution is 2.35. The maximum Gasteiger partial charge on any atom is 0.103 e. The molecule has 16 heavy (non-hydrogen) atoms. The zero-order valence-corrected chi connectivity index (χ0v) is 10.2. The highest BCUT2D eigenvalue weighted by atomic mass is 35.5. The Morgan fingerprint density at radius 2 is 2.25 bits per heavy atom. The van der Waals surface area contributed by atoms with E-state index in [9.17, 15) is 0 Å². The predicted octanol–water partition coefficient (Wildman–Crippen LogP) is 3.59. The molecule has 0 aromatic heterocycles. The molecule has 1 saturated carbocycles. The van der Waals surface area contributed by atoms with Gasteiger partial charge < -0.3 is 4.90 Å². The average Bonchev–Trinajstić information content (AvgIpc) is 3.09. The molecule has 0 aliphatic heterocycles. The SMILES string of the molecule is CCCN(c1cccc(Cl)c1C#N)C1CC1. The number of anilines is 1. The van der Waals surface area contributed by atoms with Crippen molar-refractivity contribution in [3.8, 4) is 6.07 Å². The summed E-state index contributed by atoms with van der Waals surface area (Å²) < 4.78 is 0. The molecule has 1 fully saturated rings. The number of halogens is 1. The van der Waals surface area contributed by atoms with Crippen LogP contribution in [-0.2, 0) is 0 Å². The number of nitrogens with zero attached hydrogens (tertiary/aromatic N) is 2. The lowest BCUT2D eigenvalue weighted by Crippen LogP contribution is -2.27. The molecular weight excluding hydrogens is 220 g/mol. The lowest BCUT2D eigenvalue weighted by molar-refractivity contribution is 0.762. The molecule has 0 unspecified atom stereocenters. The van der Waals surface area contributed by atoms with E-state index in [1.165, 1.54) is 12.8 Å². The van der Waals surface area contributed by atoms with Crippen molar-refractivity contribution < 1.29 is 0 Å². The number of nitriles is 1. The number of rotatable bonds is 4. The third-order valence-corrected chi connectivity index (χ3v) is 3.18. The lowest BCUT2D eigenvalue weighted by Gasteiger charge is -2.25. The molecule has 1 aromatic carbocycles. The number of hydrogen-bond donors (Lipinski definition) is 0. The molecule has 0 bridgehead atoms. The van der Waals surface area contributed by atoms with Crippen molar-refractivity contribution >= 4 is 17.3 Å². The smallest absolute Gasteiger partial charge is 0.103 e. The zero-order valence-electron chi connectivity index (χ0n) is 9.41. The van der Waals surface area contributed by atoms with Crippen molar-refractivity contribution in [2.75, 3.05) is 11.4 Å². The van der Waals surface area contributed by atoms with E-state index >= 15 is 0 Å². The van der Waals surface area contributed by atoms with Crippen LogP contribution in [0.4, 0.5) is 5.69 Å². The van der Waals surface area contributed by atoms with Crippen LogP contribution in [0.5, 0.6) is 0 Å². The van der Waals surface area contributed by atoms with Crippen LogP contribution in [0, 0.1) is 11.3 Å². The van der Waals surface area contributed by atoms with Crippen LogP contribution in [0.15, 0.2) is 18.2 Å². The molecule has 2 rings (SSSR count). The molecule has 0 atom stereocenters. The van der Waals surface area contributed by atoms with Gasteiger partial charge in [0, 0.05) is 12.6 Å². The van der Waals surface area contributed by atoms with Crippen LogP contribution in [0.2, 0.25) is 5.02 Å². The third-order valence-electron chi connectivity index (χ3n) is 2.87. The minimum absolute atomic E-state index is 0.557. The fraction of sp³-hybridized carbons (Fsp3) is 0.462. The van der Waals surface area contributed by atoms with E-state index in [4.69, 9.17) is 16.9 Å². The molecule has 1 aliphatic rings. The van der Waals surface area contributed by atoms with Crippen LogP contribution >= 0.6 is 11.6 Å². The van der Waals surface area contributed by atoms with E-state index in [2.05, 4.69) is 17.9 Å². The summed E-state index contributed by atoms with van der Waals surface area (Å²) in [6.45, 7) is 3.16. The largest absolute Gasteiger partial charge is 0.367 e. The first-order valence-corrected chi connectivity index (χ1v) is 6.11. The minimum atomic E-state index is 0.557. The second kappa shape index (κ2) is 4.76. The highest BCUT2D eigenvalue weighted by Gasteiger charge is 2.30. The standard InChI is InChI=1S/C13H15ClN2/c1-2-8-16(10-6-7-10)13-5-3-4-12(14)11(13)9-15/h3-5,10H,2,6-8H2,1H3. The second-order valence-corrected chi connectivity index (χ2v) is 4.58. The molecule has 0 N–H and O–H groups in total. The van der Waals surface area contributed by atoms with Gasteiger partial charge >= 0.3 is 0 Å². The van der Waals surface area contributed by atoms with Crippen molar-refractivity contribution in [3.05, 3.63) is 28.8 Å². The summed E-state index contributed by atoms with van der Waals surface area (Å²) in [7, 11) is 0. The topological polar surface area (TPSA) is 27.0 Å². The molecule has 0 spiro atoms. The van der Waals surface area contributed by atoms with Crippen molar-refractivity contribution in [2.24, 2.45) is 0 Å². The third kappa shape index (κ3) is 2.15. The van der Waals surface area contributed by atoms with Gasteiger partial charge in [0.2, 0.25) is 0 Å². The summed E-state index contributed by atoms with van der Waals surface area (Å²) >= 11 is 6.05. The average molecular weight is 235 g/mol. The Hall–Kier alpha value is -1.20. The van der Waals surface area contributed by atoms with Crippen molar-refractivity contribution in [1.82, 2.24) is 0 Å². The molecule has 1 aromatic rings. The highest BCUT2D eigenvalue weighted by molar-refractivity contribution is 6.32. The molecule has 0 radical (unpaired) electrons. The predicted molar refractivity (Wildman–Crippen MR) is 66.8 cm³/mol. The Labute approximate surface area is 101 Å². The molecule has 2 nitrogen and oxygen atoms in total. The summed E-state index contributed by atoms with van der Waals surface area (Å²) in [4.78, 5) is 2.32. The Kier molecular flexibility index (Phi) is 3.36. The van der Waals surface area contributed by atoms with E-state index in [-0.39, 0.29) is 0 Å². The van der Waals surface area contributed by atoms with Crippen LogP contribution in [0.1, 0.15) is 31.7 Å². The summed E-state index contributed by atoms with van der Waals surface area (Å²) in [5.41, 5.74) is 1.61. The van der Waals surface area contributed by atoms with Gasteiger partial charge in [0.05, 0.1) is 16.3 Å². The minimum Gasteiger partial charge on any atom is -0.367 e. The molecule has 1 aliphatic carbocycles. The summed E-state index contributed by atoms with van der Waals surface area (Å²) in [6.07, 6.45) is 3.56. The molecule has 3 heteroatoms. The summed E-state index contributed by atoms with van der Waals surface area (Å²) in [5, 5.41) is 9.71. The van der Waals surface area contributed by atoms with E-state index in [0.29, 0.717) is 16.6 Å². The Bertz CT molecular complexity index is 418. The van der Waals surface area contributed by atoms with Gasteiger partial charge in [0.15, 0.2) is 0 Å². The second-order valence-electron chi connectivity index (χ2n) is 4.17. The first kappa shape index (κ1) is 11.3. The van der Waals surface area contributed by atoms with E-state index in [1.54, 1.807) is 6.07 Å². The first-order chi connectivity index (χ1) is 7.77. The van der Waals surface area contributed by atoms with Crippen LogP contribution in [-0.4, -0.2) is 12.6 Å². The quantitative estimate of drug-likeness (QED) is 0.796. The summed E-state index contributed by atoms with van der Waals surface area (Å²) in [6, 6.07) is 8.53. The monoisotopic (exact) mass is 234 g/mol. The van der Waals surface area contributed by atoms with Crippen LogP contribution in [0.3, 0.4) is 0 Å². The fourth-order valence-corrected chi connectivity index (χ4v) is 2.20. The molecule has 84 valence electrons. The van der Waals surface area contributed by atoms with Crippen molar-refractivity contribution in [1.29, 1.82) is 5.26 Å². The van der Waals surface area contributed by atoms with Gasteiger partial charge in [-0.1, -0.05) is 24.6 Å². The van der Waals surface area contributed by atoms with Crippen molar-refractivity contribution in [2.45, 2.75) is 32.2 Å². The van der Waals surface area contributed by atoms with Crippen LogP contribution < -0.4 is 4.90 Å². The Balaban J connectivity index is 2.37. The van der Waals surface area contributed by atoms with Gasteiger partial charge in [0.25, 0.3) is 0 Å². The van der Waals surface area contributed by atoms with Gasteiger partial charge in [-0.25, -0.2) is 0 Å². The van der Waals surface area contributed by atoms with E-state index in [1.807, 2.05) is 12.1 Å². The number of benzene rings is 1. The van der Waals surface area contributed by atoms with Gasteiger partial charge in [-0.15, -0.1) is 0 Å². The van der Waals surface area contributed by atoms with Crippen molar-refractivity contribution in [3.63, 3.8) is 0 Å².